The summed E-state index contributed by atoms with van der Waals surface area (Å²) in [6.45, 7) is 0.209. The van der Waals surface area contributed by atoms with Crippen LogP contribution in [0.1, 0.15) is 11.1 Å². The molecule has 0 aliphatic rings. The smallest absolute Gasteiger partial charge is 0.316 e. The largest absolute Gasteiger partial charge is 0.416 e. The summed E-state index contributed by atoms with van der Waals surface area (Å²) < 4.78 is 49.4. The zero-order valence-electron chi connectivity index (χ0n) is 7.45. The predicted molar refractivity (Wildman–Crippen MR) is 44.2 cm³/mol. The zero-order chi connectivity index (χ0) is 10.8. The lowest BCUT2D eigenvalue weighted by atomic mass is 10.1. The first-order chi connectivity index (χ1) is 6.43. The third-order valence-corrected chi connectivity index (χ3v) is 1.67. The van der Waals surface area contributed by atoms with Crippen LogP contribution in [0.15, 0.2) is 18.2 Å². The van der Waals surface area contributed by atoms with E-state index in [0.717, 1.165) is 12.1 Å². The maximum Gasteiger partial charge on any atom is 0.416 e. The second-order valence-corrected chi connectivity index (χ2v) is 2.88. The molecule has 0 saturated carbocycles. The third kappa shape index (κ3) is 2.70. The quantitative estimate of drug-likeness (QED) is 0.735. The van der Waals surface area contributed by atoms with E-state index in [0.29, 0.717) is 6.07 Å². The van der Waals surface area contributed by atoms with Crippen molar-refractivity contribution in [1.29, 1.82) is 0 Å². The number of alkyl halides is 3. The summed E-state index contributed by atoms with van der Waals surface area (Å²) in [6, 6.07) is 2.49. The van der Waals surface area contributed by atoms with Gasteiger partial charge in [-0.3, -0.25) is 0 Å². The van der Waals surface area contributed by atoms with Crippen molar-refractivity contribution in [2.75, 3.05) is 7.05 Å². The van der Waals surface area contributed by atoms with Crippen LogP contribution in [0.3, 0.4) is 0 Å². The SMILES string of the molecule is CNCc1cc(F)cc(C(F)(F)F)c1. The summed E-state index contributed by atoms with van der Waals surface area (Å²) in [6.07, 6.45) is -4.50. The van der Waals surface area contributed by atoms with Gasteiger partial charge in [0.15, 0.2) is 0 Å². The van der Waals surface area contributed by atoms with Crippen molar-refractivity contribution in [2.45, 2.75) is 12.7 Å². The van der Waals surface area contributed by atoms with Gasteiger partial charge in [0.05, 0.1) is 5.56 Å². The summed E-state index contributed by atoms with van der Waals surface area (Å²) in [7, 11) is 1.58. The maximum atomic E-state index is 12.8. The van der Waals surface area contributed by atoms with Crippen molar-refractivity contribution in [1.82, 2.24) is 5.32 Å². The van der Waals surface area contributed by atoms with Crippen LogP contribution in [0.4, 0.5) is 17.6 Å². The van der Waals surface area contributed by atoms with Gasteiger partial charge in [-0.15, -0.1) is 0 Å². The molecular weight excluding hydrogens is 198 g/mol. The lowest BCUT2D eigenvalue weighted by Crippen LogP contribution is -2.10. The monoisotopic (exact) mass is 207 g/mol. The molecule has 0 heterocycles. The van der Waals surface area contributed by atoms with E-state index in [2.05, 4.69) is 5.32 Å². The second kappa shape index (κ2) is 3.96. The highest BCUT2D eigenvalue weighted by molar-refractivity contribution is 5.26. The van der Waals surface area contributed by atoms with Crippen molar-refractivity contribution in [3.63, 3.8) is 0 Å². The molecule has 78 valence electrons. The molecule has 0 aromatic heterocycles. The molecule has 0 unspecified atom stereocenters. The minimum atomic E-state index is -4.50. The Morgan fingerprint density at radius 1 is 1.21 bits per heavy atom. The number of benzene rings is 1. The molecule has 0 aliphatic carbocycles. The van der Waals surface area contributed by atoms with Crippen molar-refractivity contribution >= 4 is 0 Å². The molecule has 14 heavy (non-hydrogen) atoms. The summed E-state index contributed by atoms with van der Waals surface area (Å²) in [5.74, 6) is -0.870. The molecule has 0 fully saturated rings. The Kier molecular flexibility index (Phi) is 3.10. The van der Waals surface area contributed by atoms with Gasteiger partial charge in [0.2, 0.25) is 0 Å². The van der Waals surface area contributed by atoms with Gasteiger partial charge >= 0.3 is 6.18 Å². The highest BCUT2D eigenvalue weighted by atomic mass is 19.4. The Bertz CT molecular complexity index is 319. The van der Waals surface area contributed by atoms with Crippen LogP contribution in [0.2, 0.25) is 0 Å². The van der Waals surface area contributed by atoms with E-state index < -0.39 is 17.6 Å². The van der Waals surface area contributed by atoms with Crippen LogP contribution < -0.4 is 5.32 Å². The van der Waals surface area contributed by atoms with Gasteiger partial charge in [-0.1, -0.05) is 0 Å². The minimum absolute atomic E-state index is 0.209. The molecule has 5 heteroatoms. The number of nitrogens with one attached hydrogen (secondary N) is 1. The van der Waals surface area contributed by atoms with Crippen LogP contribution in [0.5, 0.6) is 0 Å². The molecule has 0 aliphatic heterocycles. The van der Waals surface area contributed by atoms with Crippen LogP contribution in [-0.4, -0.2) is 7.05 Å². The van der Waals surface area contributed by atoms with E-state index in [1.807, 2.05) is 0 Å². The van der Waals surface area contributed by atoms with Crippen LogP contribution in [-0.2, 0) is 12.7 Å². The summed E-state index contributed by atoms with van der Waals surface area (Å²) in [5.41, 5.74) is -0.678. The van der Waals surface area contributed by atoms with Gasteiger partial charge in [-0.25, -0.2) is 4.39 Å². The molecule has 1 aromatic rings. The molecule has 0 saturated heterocycles. The fourth-order valence-electron chi connectivity index (χ4n) is 1.12. The van der Waals surface area contributed by atoms with E-state index >= 15 is 0 Å². The first-order valence-corrected chi connectivity index (χ1v) is 3.95. The molecule has 1 aromatic carbocycles. The number of rotatable bonds is 2. The standard InChI is InChI=1S/C9H9F4N/c1-14-5-6-2-7(9(11,12)13)4-8(10)3-6/h2-4,14H,5H2,1H3. The number of hydrogen-bond acceptors (Lipinski definition) is 1. The predicted octanol–water partition coefficient (Wildman–Crippen LogP) is 2.56. The molecule has 0 radical (unpaired) electrons. The number of halogens is 4. The summed E-state index contributed by atoms with van der Waals surface area (Å²) in [4.78, 5) is 0. The number of hydrogen-bond donors (Lipinski definition) is 1. The average molecular weight is 207 g/mol. The first kappa shape index (κ1) is 11.0. The summed E-state index contributed by atoms with van der Waals surface area (Å²) in [5, 5.41) is 2.66. The zero-order valence-corrected chi connectivity index (χ0v) is 7.45. The Morgan fingerprint density at radius 3 is 2.36 bits per heavy atom. The van der Waals surface area contributed by atoms with Crippen molar-refractivity contribution < 1.29 is 17.6 Å². The van der Waals surface area contributed by atoms with Gasteiger partial charge in [0, 0.05) is 6.54 Å². The lowest BCUT2D eigenvalue weighted by molar-refractivity contribution is -0.137. The highest BCUT2D eigenvalue weighted by Crippen LogP contribution is 2.30. The molecule has 0 amide bonds. The Morgan fingerprint density at radius 2 is 1.86 bits per heavy atom. The minimum Gasteiger partial charge on any atom is -0.316 e. The first-order valence-electron chi connectivity index (χ1n) is 3.95. The van der Waals surface area contributed by atoms with E-state index in [9.17, 15) is 17.6 Å². The van der Waals surface area contributed by atoms with Crippen LogP contribution in [0.25, 0.3) is 0 Å². The molecular formula is C9H9F4N. The molecule has 0 spiro atoms. The van der Waals surface area contributed by atoms with Crippen molar-refractivity contribution in [3.05, 3.63) is 35.1 Å². The van der Waals surface area contributed by atoms with Gasteiger partial charge < -0.3 is 5.32 Å². The molecule has 0 bridgehead atoms. The van der Waals surface area contributed by atoms with Crippen molar-refractivity contribution in [2.24, 2.45) is 0 Å². The van der Waals surface area contributed by atoms with E-state index in [1.54, 1.807) is 7.05 Å². The molecule has 1 rings (SSSR count). The van der Waals surface area contributed by atoms with Crippen molar-refractivity contribution in [3.8, 4) is 0 Å². The van der Waals surface area contributed by atoms with Gasteiger partial charge in [-0.05, 0) is 30.8 Å². The fraction of sp³-hybridized carbons (Fsp3) is 0.333. The van der Waals surface area contributed by atoms with Crippen LogP contribution in [0, 0.1) is 5.82 Å². The highest BCUT2D eigenvalue weighted by Gasteiger charge is 2.31. The fourth-order valence-corrected chi connectivity index (χ4v) is 1.12. The summed E-state index contributed by atoms with van der Waals surface area (Å²) >= 11 is 0. The van der Waals surface area contributed by atoms with Gasteiger partial charge in [0.25, 0.3) is 0 Å². The third-order valence-electron chi connectivity index (χ3n) is 1.67. The normalized spacial score (nSPS) is 11.8. The molecule has 1 N–H and O–H groups in total. The Labute approximate surface area is 78.7 Å². The molecule has 0 atom stereocenters. The van der Waals surface area contributed by atoms with Gasteiger partial charge in [0.1, 0.15) is 5.82 Å². The Hall–Kier alpha value is -1.10. The second-order valence-electron chi connectivity index (χ2n) is 2.88. The Balaban J connectivity index is 3.07. The maximum absolute atomic E-state index is 12.8. The van der Waals surface area contributed by atoms with E-state index in [-0.39, 0.29) is 12.1 Å². The van der Waals surface area contributed by atoms with Crippen LogP contribution >= 0.6 is 0 Å². The molecule has 1 nitrogen and oxygen atoms in total. The van der Waals surface area contributed by atoms with E-state index in [1.165, 1.54) is 0 Å². The average Bonchev–Trinajstić information content (AvgIpc) is 2.02. The lowest BCUT2D eigenvalue weighted by Gasteiger charge is -2.08. The topological polar surface area (TPSA) is 12.0 Å². The van der Waals surface area contributed by atoms with E-state index in [4.69, 9.17) is 0 Å². The van der Waals surface area contributed by atoms with Gasteiger partial charge in [-0.2, -0.15) is 13.2 Å².